The van der Waals surface area contributed by atoms with E-state index in [0.717, 1.165) is 19.4 Å². The predicted molar refractivity (Wildman–Crippen MR) is 64.2 cm³/mol. The van der Waals surface area contributed by atoms with E-state index in [9.17, 15) is 0 Å². The van der Waals surface area contributed by atoms with Crippen LogP contribution in [-0.2, 0) is 6.42 Å². The van der Waals surface area contributed by atoms with Crippen molar-refractivity contribution in [3.63, 3.8) is 0 Å². The van der Waals surface area contributed by atoms with Crippen molar-refractivity contribution in [3.8, 4) is 0 Å². The molecule has 0 heterocycles. The first-order chi connectivity index (χ1) is 6.72. The Bertz CT molecular complexity index is 394. The van der Waals surface area contributed by atoms with Crippen molar-refractivity contribution in [3.05, 3.63) is 39.4 Å². The Morgan fingerprint density at radius 2 is 2.21 bits per heavy atom. The molecule has 14 heavy (non-hydrogen) atoms. The molecule has 2 rings (SSSR count). The summed E-state index contributed by atoms with van der Waals surface area (Å²) in [6, 6.07) is 4.38. The minimum absolute atomic E-state index is 0.733. The summed E-state index contributed by atoms with van der Waals surface area (Å²) < 4.78 is 1.17. The third kappa shape index (κ3) is 1.64. The molecule has 0 fully saturated rings. The Balaban J connectivity index is 2.45. The van der Waals surface area contributed by atoms with Crippen molar-refractivity contribution in [1.82, 2.24) is 0 Å². The van der Waals surface area contributed by atoms with Gasteiger partial charge in [-0.15, -0.1) is 0 Å². The van der Waals surface area contributed by atoms with Gasteiger partial charge < -0.3 is 5.73 Å². The van der Waals surface area contributed by atoms with E-state index in [2.05, 4.69) is 41.1 Å². The van der Waals surface area contributed by atoms with Crippen molar-refractivity contribution < 1.29 is 0 Å². The molecule has 0 bridgehead atoms. The van der Waals surface area contributed by atoms with E-state index in [1.165, 1.54) is 26.7 Å². The molecular formula is C12H14BrN. The molecule has 1 aromatic rings. The Morgan fingerprint density at radius 1 is 1.43 bits per heavy atom. The van der Waals surface area contributed by atoms with E-state index in [1.807, 2.05) is 0 Å². The second-order valence-corrected chi connectivity index (χ2v) is 4.64. The SMILES string of the molecule is Cc1cc(Br)cc2c1CC=C2CCN. The number of halogens is 1. The second-order valence-electron chi connectivity index (χ2n) is 3.72. The third-order valence-electron chi connectivity index (χ3n) is 2.75. The van der Waals surface area contributed by atoms with Gasteiger partial charge in [-0.2, -0.15) is 0 Å². The molecule has 0 atom stereocenters. The molecule has 1 aliphatic rings. The molecule has 0 unspecified atom stereocenters. The monoisotopic (exact) mass is 251 g/mol. The first kappa shape index (κ1) is 9.94. The molecule has 0 saturated heterocycles. The molecule has 0 aliphatic heterocycles. The number of benzene rings is 1. The van der Waals surface area contributed by atoms with Gasteiger partial charge in [0, 0.05) is 4.47 Å². The van der Waals surface area contributed by atoms with Crippen LogP contribution in [0.25, 0.3) is 5.57 Å². The van der Waals surface area contributed by atoms with Crippen molar-refractivity contribution in [2.24, 2.45) is 5.73 Å². The van der Waals surface area contributed by atoms with Crippen molar-refractivity contribution in [2.75, 3.05) is 6.54 Å². The number of aryl methyl sites for hydroxylation is 1. The zero-order valence-corrected chi connectivity index (χ0v) is 9.89. The molecule has 2 heteroatoms. The lowest BCUT2D eigenvalue weighted by Gasteiger charge is -2.08. The highest BCUT2D eigenvalue weighted by atomic mass is 79.9. The normalized spacial score (nSPS) is 14.1. The van der Waals surface area contributed by atoms with Gasteiger partial charge in [0.25, 0.3) is 0 Å². The molecule has 2 N–H and O–H groups in total. The lowest BCUT2D eigenvalue weighted by atomic mass is 10.00. The van der Waals surface area contributed by atoms with Gasteiger partial charge in [-0.3, -0.25) is 0 Å². The van der Waals surface area contributed by atoms with Crippen LogP contribution in [0.4, 0.5) is 0 Å². The first-order valence-corrected chi connectivity index (χ1v) is 5.70. The molecule has 0 amide bonds. The maximum Gasteiger partial charge on any atom is 0.0184 e. The number of hydrogen-bond acceptors (Lipinski definition) is 1. The predicted octanol–water partition coefficient (Wildman–Crippen LogP) is 3.05. The van der Waals surface area contributed by atoms with E-state index >= 15 is 0 Å². The average Bonchev–Trinajstić information content (AvgIpc) is 2.49. The average molecular weight is 252 g/mol. The van der Waals surface area contributed by atoms with Crippen molar-refractivity contribution in [2.45, 2.75) is 19.8 Å². The highest BCUT2D eigenvalue weighted by molar-refractivity contribution is 9.10. The van der Waals surface area contributed by atoms with Crippen LogP contribution in [0.1, 0.15) is 23.1 Å². The number of rotatable bonds is 2. The number of hydrogen-bond donors (Lipinski definition) is 1. The summed E-state index contributed by atoms with van der Waals surface area (Å²) in [5.41, 5.74) is 11.2. The molecule has 1 aliphatic carbocycles. The van der Waals surface area contributed by atoms with Gasteiger partial charge in [-0.05, 0) is 60.7 Å². The molecule has 0 aromatic heterocycles. The maximum atomic E-state index is 5.59. The van der Waals surface area contributed by atoms with E-state index in [0.29, 0.717) is 0 Å². The highest BCUT2D eigenvalue weighted by Crippen LogP contribution is 2.33. The molecule has 0 radical (unpaired) electrons. The summed E-state index contributed by atoms with van der Waals surface area (Å²) in [5.74, 6) is 0. The Morgan fingerprint density at radius 3 is 2.93 bits per heavy atom. The van der Waals surface area contributed by atoms with Gasteiger partial charge >= 0.3 is 0 Å². The molecule has 74 valence electrons. The summed E-state index contributed by atoms with van der Waals surface area (Å²) in [4.78, 5) is 0. The molecule has 1 aromatic carbocycles. The van der Waals surface area contributed by atoms with Crippen LogP contribution in [0.15, 0.2) is 22.7 Å². The van der Waals surface area contributed by atoms with Gasteiger partial charge in [0.1, 0.15) is 0 Å². The summed E-state index contributed by atoms with van der Waals surface area (Å²) in [6.45, 7) is 2.90. The van der Waals surface area contributed by atoms with Crippen LogP contribution in [0.3, 0.4) is 0 Å². The van der Waals surface area contributed by atoms with Gasteiger partial charge in [-0.1, -0.05) is 22.0 Å². The molecular weight excluding hydrogens is 238 g/mol. The van der Waals surface area contributed by atoms with Crippen LogP contribution in [0.2, 0.25) is 0 Å². The Kier molecular flexibility index (Phi) is 2.75. The summed E-state index contributed by atoms with van der Waals surface area (Å²) in [6.07, 6.45) is 4.36. The number of allylic oxidation sites excluding steroid dienone is 1. The fourth-order valence-electron chi connectivity index (χ4n) is 2.06. The van der Waals surface area contributed by atoms with Crippen LogP contribution in [0, 0.1) is 6.92 Å². The van der Waals surface area contributed by atoms with Gasteiger partial charge in [0.15, 0.2) is 0 Å². The van der Waals surface area contributed by atoms with E-state index in [1.54, 1.807) is 0 Å². The topological polar surface area (TPSA) is 26.0 Å². The Hall–Kier alpha value is -0.600. The summed E-state index contributed by atoms with van der Waals surface area (Å²) in [7, 11) is 0. The van der Waals surface area contributed by atoms with Crippen LogP contribution in [0.5, 0.6) is 0 Å². The zero-order chi connectivity index (χ0) is 10.1. The minimum Gasteiger partial charge on any atom is -0.330 e. The largest absolute Gasteiger partial charge is 0.330 e. The van der Waals surface area contributed by atoms with Gasteiger partial charge in [-0.25, -0.2) is 0 Å². The lowest BCUT2D eigenvalue weighted by molar-refractivity contribution is 1.02. The zero-order valence-electron chi connectivity index (χ0n) is 8.31. The number of nitrogens with two attached hydrogens (primary N) is 1. The molecule has 0 spiro atoms. The quantitative estimate of drug-likeness (QED) is 0.860. The summed E-state index contributed by atoms with van der Waals surface area (Å²) >= 11 is 3.54. The first-order valence-electron chi connectivity index (χ1n) is 4.91. The minimum atomic E-state index is 0.733. The van der Waals surface area contributed by atoms with Crippen LogP contribution < -0.4 is 5.73 Å². The second kappa shape index (κ2) is 3.87. The van der Waals surface area contributed by atoms with Crippen molar-refractivity contribution >= 4 is 21.5 Å². The maximum absolute atomic E-state index is 5.59. The number of fused-ring (bicyclic) bond motifs is 1. The van der Waals surface area contributed by atoms with E-state index < -0.39 is 0 Å². The van der Waals surface area contributed by atoms with E-state index in [4.69, 9.17) is 5.73 Å². The molecule has 0 saturated carbocycles. The van der Waals surface area contributed by atoms with E-state index in [-0.39, 0.29) is 0 Å². The van der Waals surface area contributed by atoms with Crippen LogP contribution in [-0.4, -0.2) is 6.54 Å². The summed E-state index contributed by atoms with van der Waals surface area (Å²) in [5, 5.41) is 0. The lowest BCUT2D eigenvalue weighted by Crippen LogP contribution is -1.99. The van der Waals surface area contributed by atoms with Crippen LogP contribution >= 0.6 is 15.9 Å². The smallest absolute Gasteiger partial charge is 0.0184 e. The fourth-order valence-corrected chi connectivity index (χ4v) is 2.63. The molecule has 1 nitrogen and oxygen atoms in total. The highest BCUT2D eigenvalue weighted by Gasteiger charge is 2.15. The third-order valence-corrected chi connectivity index (χ3v) is 3.21. The van der Waals surface area contributed by atoms with Gasteiger partial charge in [0.05, 0.1) is 0 Å². The standard InChI is InChI=1S/C12H14BrN/c1-8-6-10(13)7-12-9(4-5-14)2-3-11(8)12/h2,6-7H,3-5,14H2,1H3. The van der Waals surface area contributed by atoms with Crippen molar-refractivity contribution in [1.29, 1.82) is 0 Å². The van der Waals surface area contributed by atoms with Gasteiger partial charge in [0.2, 0.25) is 0 Å². The fraction of sp³-hybridized carbons (Fsp3) is 0.333. The Labute approximate surface area is 93.1 Å².